The Labute approximate surface area is 239 Å². The molecular formula is C30H39N3O8. The largest absolute Gasteiger partial charge is 0.480 e. The highest BCUT2D eigenvalue weighted by molar-refractivity contribution is 6.00. The van der Waals surface area contributed by atoms with Crippen molar-refractivity contribution in [1.82, 2.24) is 10.2 Å². The van der Waals surface area contributed by atoms with Crippen LogP contribution in [0.25, 0.3) is 11.1 Å². The summed E-state index contributed by atoms with van der Waals surface area (Å²) in [6.07, 6.45) is -2.15. The molecule has 0 spiro atoms. The third-order valence-corrected chi connectivity index (χ3v) is 6.26. The van der Waals surface area contributed by atoms with Crippen LogP contribution < -0.4 is 11.1 Å². The Kier molecular flexibility index (Phi) is 9.77. The summed E-state index contributed by atoms with van der Waals surface area (Å²) in [5.74, 6) is -2.90. The summed E-state index contributed by atoms with van der Waals surface area (Å²) in [4.78, 5) is 52.3. The second-order valence-electron chi connectivity index (χ2n) is 11.7. The van der Waals surface area contributed by atoms with Gasteiger partial charge in [0.15, 0.2) is 6.04 Å². The van der Waals surface area contributed by atoms with Gasteiger partial charge in [0.25, 0.3) is 5.91 Å². The zero-order valence-corrected chi connectivity index (χ0v) is 24.3. The summed E-state index contributed by atoms with van der Waals surface area (Å²) in [5, 5.41) is 12.2. The number of hydrogen-bond acceptors (Lipinski definition) is 8. The number of carbonyl (C=O) groups is 4. The molecule has 0 aromatic heterocycles. The van der Waals surface area contributed by atoms with E-state index in [0.29, 0.717) is 4.90 Å². The molecule has 0 saturated carbocycles. The van der Waals surface area contributed by atoms with Crippen LogP contribution in [0.2, 0.25) is 0 Å². The maximum Gasteiger partial charge on any atom is 0.417 e. The van der Waals surface area contributed by atoms with E-state index in [1.807, 2.05) is 48.5 Å². The summed E-state index contributed by atoms with van der Waals surface area (Å²) in [6.45, 7) is 9.06. The molecule has 0 aliphatic heterocycles. The minimum atomic E-state index is -1.75. The Balaban J connectivity index is 1.89. The molecule has 41 heavy (non-hydrogen) atoms. The first-order chi connectivity index (χ1) is 19.1. The predicted octanol–water partition coefficient (Wildman–Crippen LogP) is 3.88. The zero-order chi connectivity index (χ0) is 30.5. The molecule has 2 atom stereocenters. The van der Waals surface area contributed by atoms with Gasteiger partial charge in [0.2, 0.25) is 0 Å². The predicted molar refractivity (Wildman–Crippen MR) is 151 cm³/mol. The van der Waals surface area contributed by atoms with Crippen LogP contribution in [-0.2, 0) is 23.8 Å². The average molecular weight is 570 g/mol. The lowest BCUT2D eigenvalue weighted by Gasteiger charge is -2.31. The topological polar surface area (TPSA) is 157 Å². The molecule has 3 rings (SSSR count). The molecule has 0 unspecified atom stereocenters. The number of nitrogens with two attached hydrogens (primary N) is 1. The fraction of sp³-hybridized carbons (Fsp3) is 0.467. The standard InChI is InChI=1S/C30H39N3O8/c1-29(2,3)40-17-23(32-27(37)41-30(4,5)6)25(34)33(24(15-31)26(35)36)28(38)39-16-22-20-13-9-7-11-18(20)19-12-8-10-14-21(19)22/h7-14,22-24H,15-17,31H2,1-6H3,(H,32,37)(H,35,36)/t23-,24-/m0/s1. The van der Waals surface area contributed by atoms with Crippen molar-refractivity contribution >= 4 is 24.1 Å². The number of fused-ring (bicyclic) bond motifs is 3. The molecule has 0 fully saturated rings. The van der Waals surface area contributed by atoms with Crippen LogP contribution in [0.5, 0.6) is 0 Å². The Hall–Kier alpha value is -3.96. The molecule has 2 aromatic rings. The number of amides is 3. The van der Waals surface area contributed by atoms with Crippen molar-refractivity contribution in [3.05, 3.63) is 59.7 Å². The highest BCUT2D eigenvalue weighted by Crippen LogP contribution is 2.44. The van der Waals surface area contributed by atoms with Gasteiger partial charge in [-0.1, -0.05) is 48.5 Å². The van der Waals surface area contributed by atoms with E-state index in [2.05, 4.69) is 5.32 Å². The number of carbonyl (C=O) groups excluding carboxylic acids is 3. The second kappa shape index (κ2) is 12.7. The lowest BCUT2D eigenvalue weighted by molar-refractivity contribution is -0.150. The fourth-order valence-electron chi connectivity index (χ4n) is 4.48. The molecule has 11 nitrogen and oxygen atoms in total. The number of carboxylic acids is 1. The third-order valence-electron chi connectivity index (χ3n) is 6.26. The first-order valence-electron chi connectivity index (χ1n) is 13.4. The molecule has 0 heterocycles. The maximum atomic E-state index is 13.8. The Bertz CT molecular complexity index is 1240. The SMILES string of the molecule is CC(C)(C)OC[C@H](NC(=O)OC(C)(C)C)C(=O)N(C(=O)OCC1c2ccccc2-c2ccccc21)[C@@H](CN)C(=O)O. The van der Waals surface area contributed by atoms with Gasteiger partial charge in [0.05, 0.1) is 12.2 Å². The van der Waals surface area contributed by atoms with Gasteiger partial charge in [-0.15, -0.1) is 0 Å². The van der Waals surface area contributed by atoms with Crippen molar-refractivity contribution < 1.29 is 38.5 Å². The van der Waals surface area contributed by atoms with E-state index in [-0.39, 0.29) is 19.1 Å². The number of carboxylic acid groups (broad SMARTS) is 1. The smallest absolute Gasteiger partial charge is 0.417 e. The van der Waals surface area contributed by atoms with E-state index in [1.54, 1.807) is 41.5 Å². The molecule has 11 heteroatoms. The molecule has 0 bridgehead atoms. The zero-order valence-electron chi connectivity index (χ0n) is 24.3. The molecule has 1 aliphatic rings. The Morgan fingerprint density at radius 1 is 0.927 bits per heavy atom. The van der Waals surface area contributed by atoms with Gasteiger partial charge in [-0.3, -0.25) is 4.79 Å². The van der Waals surface area contributed by atoms with Crippen molar-refractivity contribution in [2.75, 3.05) is 19.8 Å². The average Bonchev–Trinajstić information content (AvgIpc) is 3.19. The van der Waals surface area contributed by atoms with Crippen LogP contribution in [0, 0.1) is 0 Å². The Morgan fingerprint density at radius 2 is 1.46 bits per heavy atom. The van der Waals surface area contributed by atoms with Gasteiger partial charge in [0, 0.05) is 12.5 Å². The maximum absolute atomic E-state index is 13.8. The van der Waals surface area contributed by atoms with Crippen molar-refractivity contribution in [1.29, 1.82) is 0 Å². The number of rotatable bonds is 9. The van der Waals surface area contributed by atoms with Crippen molar-refractivity contribution in [2.45, 2.75) is 70.7 Å². The fourth-order valence-corrected chi connectivity index (χ4v) is 4.48. The highest BCUT2D eigenvalue weighted by atomic mass is 16.6. The van der Waals surface area contributed by atoms with Crippen LogP contribution in [0.3, 0.4) is 0 Å². The van der Waals surface area contributed by atoms with Gasteiger partial charge in [-0.25, -0.2) is 19.3 Å². The number of imide groups is 1. The molecular weight excluding hydrogens is 530 g/mol. The van der Waals surface area contributed by atoms with Crippen LogP contribution in [-0.4, -0.2) is 77.1 Å². The van der Waals surface area contributed by atoms with E-state index >= 15 is 0 Å². The molecule has 0 radical (unpaired) electrons. The molecule has 2 aromatic carbocycles. The summed E-state index contributed by atoms with van der Waals surface area (Å²) >= 11 is 0. The highest BCUT2D eigenvalue weighted by Gasteiger charge is 2.41. The third kappa shape index (κ3) is 8.05. The number of ether oxygens (including phenoxy) is 3. The molecule has 0 saturated heterocycles. The van der Waals surface area contributed by atoms with Crippen LogP contribution in [0.15, 0.2) is 48.5 Å². The number of aliphatic carboxylic acids is 1. The van der Waals surface area contributed by atoms with Crippen LogP contribution in [0.4, 0.5) is 9.59 Å². The van der Waals surface area contributed by atoms with Crippen LogP contribution >= 0.6 is 0 Å². The van der Waals surface area contributed by atoms with Gasteiger partial charge in [-0.05, 0) is 63.8 Å². The molecule has 222 valence electrons. The van der Waals surface area contributed by atoms with Crippen molar-refractivity contribution in [3.63, 3.8) is 0 Å². The number of nitrogens with one attached hydrogen (secondary N) is 1. The van der Waals surface area contributed by atoms with E-state index in [0.717, 1.165) is 22.3 Å². The quantitative estimate of drug-likeness (QED) is 0.407. The van der Waals surface area contributed by atoms with E-state index in [9.17, 15) is 24.3 Å². The normalized spacial score (nSPS) is 14.3. The van der Waals surface area contributed by atoms with E-state index in [1.165, 1.54) is 0 Å². The number of hydrogen-bond donors (Lipinski definition) is 3. The summed E-state index contributed by atoms with van der Waals surface area (Å²) in [6, 6.07) is 12.2. The number of benzene rings is 2. The molecule has 4 N–H and O–H groups in total. The summed E-state index contributed by atoms with van der Waals surface area (Å²) in [5.41, 5.74) is 7.99. The number of alkyl carbamates (subject to hydrolysis) is 1. The van der Waals surface area contributed by atoms with Gasteiger partial charge >= 0.3 is 18.2 Å². The Morgan fingerprint density at radius 3 is 1.93 bits per heavy atom. The van der Waals surface area contributed by atoms with Gasteiger partial charge < -0.3 is 30.4 Å². The van der Waals surface area contributed by atoms with Crippen molar-refractivity contribution in [2.24, 2.45) is 5.73 Å². The first kappa shape index (κ1) is 31.6. The van der Waals surface area contributed by atoms with E-state index < -0.39 is 53.9 Å². The van der Waals surface area contributed by atoms with E-state index in [4.69, 9.17) is 19.9 Å². The lowest BCUT2D eigenvalue weighted by Crippen LogP contribution is -2.60. The molecule has 1 aliphatic carbocycles. The summed E-state index contributed by atoms with van der Waals surface area (Å²) in [7, 11) is 0. The first-order valence-corrected chi connectivity index (χ1v) is 13.4. The number of nitrogens with zero attached hydrogens (tertiary/aromatic N) is 1. The lowest BCUT2D eigenvalue weighted by atomic mass is 9.98. The van der Waals surface area contributed by atoms with Crippen LogP contribution in [0.1, 0.15) is 58.6 Å². The summed E-state index contributed by atoms with van der Waals surface area (Å²) < 4.78 is 16.6. The van der Waals surface area contributed by atoms with Gasteiger partial charge in [-0.2, -0.15) is 0 Å². The second-order valence-corrected chi connectivity index (χ2v) is 11.7. The van der Waals surface area contributed by atoms with Gasteiger partial charge in [0.1, 0.15) is 18.2 Å². The minimum absolute atomic E-state index is 0.157. The van der Waals surface area contributed by atoms with Crippen molar-refractivity contribution in [3.8, 4) is 11.1 Å². The molecule has 3 amide bonds. The minimum Gasteiger partial charge on any atom is -0.480 e. The monoisotopic (exact) mass is 569 g/mol.